The van der Waals surface area contributed by atoms with Gasteiger partial charge in [-0.25, -0.2) is 49.5 Å². The molecule has 0 bridgehead atoms. The number of halogens is 8. The van der Waals surface area contributed by atoms with E-state index in [2.05, 4.69) is 230 Å². The molecule has 0 unspecified atom stereocenters. The van der Waals surface area contributed by atoms with E-state index in [1.54, 1.807) is 83.7 Å². The number of nitrogen functional groups attached to an aromatic ring is 2. The number of nitrogens with two attached hydrogens (primary N) is 2. The van der Waals surface area contributed by atoms with Gasteiger partial charge in [0, 0.05) is 108 Å². The van der Waals surface area contributed by atoms with E-state index in [1.165, 1.54) is 94.9 Å². The van der Waals surface area contributed by atoms with Crippen LogP contribution in [0.15, 0.2) is 225 Å². The first-order valence-electron chi connectivity index (χ1n) is 40.8. The Labute approximate surface area is 882 Å². The van der Waals surface area contributed by atoms with Crippen LogP contribution in [0, 0.1) is 41.5 Å². The number of carbonyl (C=O) groups is 1. The molecule has 0 amide bonds. The molecule has 31 nitrogen and oxygen atoms in total. The number of aromatic nitrogens is 13. The fourth-order valence-corrected chi connectivity index (χ4v) is 18.7. The van der Waals surface area contributed by atoms with Crippen molar-refractivity contribution < 1.29 is 50.4 Å². The van der Waals surface area contributed by atoms with E-state index >= 15 is 0 Å². The molecule has 6 aromatic carbocycles. The minimum absolute atomic E-state index is 0. The molecule has 46 heteroatoms. The Balaban J connectivity index is 0.000000181. The number of nitro groups is 2. The Morgan fingerprint density at radius 3 is 1.60 bits per heavy atom. The summed E-state index contributed by atoms with van der Waals surface area (Å²) >= 11 is 45.0. The number of thiophene rings is 5. The number of carbonyl (C=O) groups excluding carboxylic acids is 1. The number of para-hydroxylation sites is 2. The first-order valence-corrected chi connectivity index (χ1v) is 51.1. The molecule has 722 valence electrons. The zero-order valence-corrected chi connectivity index (χ0v) is 89.6. The smallest absolute Gasteiger partial charge is 1.00 e. The van der Waals surface area contributed by atoms with E-state index in [9.17, 15) is 39.2 Å². The summed E-state index contributed by atoms with van der Waals surface area (Å²) < 4.78 is 32.6. The topological polar surface area (TPSA) is 422 Å². The Hall–Kier alpha value is -11.3. The van der Waals surface area contributed by atoms with Gasteiger partial charge in [-0.3, -0.25) is 34.6 Å². The van der Waals surface area contributed by atoms with Crippen LogP contribution in [0.25, 0.3) is 108 Å². The fraction of sp³-hybridized carbons (Fsp3) is 0.149. The van der Waals surface area contributed by atoms with E-state index in [0.717, 1.165) is 106 Å². The quantitative estimate of drug-likeness (QED) is 0.00649. The third-order valence-corrected chi connectivity index (χ3v) is 25.6. The minimum atomic E-state index is -3.22. The molecule has 0 atom stereocenters. The van der Waals surface area contributed by atoms with Gasteiger partial charge in [0.15, 0.2) is 5.15 Å². The van der Waals surface area contributed by atoms with Crippen molar-refractivity contribution in [3.8, 4) is 34.0 Å². The minimum Gasteiger partial charge on any atom is -1.00 e. The van der Waals surface area contributed by atoms with Crippen molar-refractivity contribution in [2.45, 2.75) is 26.7 Å². The van der Waals surface area contributed by atoms with Gasteiger partial charge in [0.25, 0.3) is 16.9 Å². The van der Waals surface area contributed by atoms with Crippen LogP contribution in [0.1, 0.15) is 48.7 Å². The van der Waals surface area contributed by atoms with Crippen molar-refractivity contribution in [1.82, 2.24) is 74.2 Å². The monoisotopic (exact) mass is 2210 g/mol. The number of allylic oxidation sites excluding steroid dienone is 2. The number of H-pyrrole nitrogens is 3. The number of aryl methyl sites for hydroxylation is 4. The molecular weight excluding hydrogens is 2130 g/mol. The van der Waals surface area contributed by atoms with Gasteiger partial charge in [0.05, 0.1) is 112 Å². The summed E-state index contributed by atoms with van der Waals surface area (Å²) in [5, 5.41) is 38.1. The Morgan fingerprint density at radius 2 is 1.07 bits per heavy atom. The van der Waals surface area contributed by atoms with Crippen LogP contribution in [-0.4, -0.2) is 163 Å². The summed E-state index contributed by atoms with van der Waals surface area (Å²) in [6.07, 6.45) is 14.4. The SMILES string of the molecule is C1=Cc2ccccc2C1.CNCCN(C)C.COC(=O)c1sccc1N.COc1cc(C)c([N+](=O)[O-])cc1N.COc1cc(C)c([N+](=O)[O-])cc1Nc1nc(-c2cn(C)c3ccccc23)c2sccc2n1.Clc1nc(C2=CCc3ccccc32)c2sccc2n1.Clc1nc(Cl)c2sccc2n1.Cn1cc(-c2nc(Cl)nc3ccsc23)c2ccccc21.O=P(Cl)(Cl)Cl.O=c1[nH]c(=O)c2[nH]ccc2[nH]1.[Br-].[CH3-].[Mg+2]. The van der Waals surface area contributed by atoms with Gasteiger partial charge in [0.1, 0.15) is 21.9 Å². The van der Waals surface area contributed by atoms with Crippen LogP contribution in [0.4, 0.5) is 34.4 Å². The van der Waals surface area contributed by atoms with E-state index in [-0.39, 0.29) is 75.8 Å². The molecule has 13 aromatic heterocycles. The normalized spacial score (nSPS) is 11.1. The van der Waals surface area contributed by atoms with Crippen LogP contribution < -0.4 is 59.8 Å². The number of rotatable bonds is 13. The number of nitro benzene ring substituents is 2. The molecule has 19 aromatic rings. The van der Waals surface area contributed by atoms with Crippen molar-refractivity contribution in [3.63, 3.8) is 0 Å². The molecule has 9 N–H and O–H groups in total. The summed E-state index contributed by atoms with van der Waals surface area (Å²) in [5.41, 5.74) is 30.3. The number of fused-ring (bicyclic) bond motifs is 9. The number of benzene rings is 6. The fourth-order valence-electron chi connectivity index (χ4n) is 13.9. The van der Waals surface area contributed by atoms with Crippen LogP contribution in [0.3, 0.4) is 0 Å². The molecule has 0 saturated heterocycles. The van der Waals surface area contributed by atoms with Gasteiger partial charge < -0.3 is 84.7 Å². The summed E-state index contributed by atoms with van der Waals surface area (Å²) in [5.74, 6) is 0.916. The predicted molar refractivity (Wildman–Crippen MR) is 576 cm³/mol. The average Bonchev–Trinajstić information content (AvgIpc) is 1.62. The number of hydrogen-bond acceptors (Lipinski definition) is 29. The number of anilines is 4. The van der Waals surface area contributed by atoms with Gasteiger partial charge in [-0.15, -0.1) is 56.7 Å². The molecule has 0 radical (unpaired) electrons. The molecule has 140 heavy (non-hydrogen) atoms. The molecular formula is C94H87BrCl7MgN20O11PS5. The molecule has 0 fully saturated rings. The molecule has 0 spiro atoms. The third kappa shape index (κ3) is 29.2. The van der Waals surface area contributed by atoms with E-state index in [4.69, 9.17) is 72.3 Å². The maximum atomic E-state index is 11.4. The zero-order chi connectivity index (χ0) is 98.5. The van der Waals surface area contributed by atoms with E-state index < -0.39 is 26.3 Å². The van der Waals surface area contributed by atoms with E-state index in [0.29, 0.717) is 71.6 Å². The number of nitrogens with zero attached hydrogens (tertiary/aromatic N) is 13. The Kier molecular flexibility index (Phi) is 42.0. The number of esters is 1. The molecule has 2 aliphatic carbocycles. The summed E-state index contributed by atoms with van der Waals surface area (Å²) in [6, 6.07) is 50.4. The summed E-state index contributed by atoms with van der Waals surface area (Å²) in [6.45, 7) is 5.51. The van der Waals surface area contributed by atoms with Crippen molar-refractivity contribution in [2.75, 3.05) is 72.3 Å². The maximum absolute atomic E-state index is 11.4. The number of likely N-dealkylation sites (N-methyl/N-ethyl adjacent to an activating group) is 2. The Morgan fingerprint density at radius 1 is 0.586 bits per heavy atom. The number of aromatic amines is 3. The van der Waals surface area contributed by atoms with Crippen molar-refractivity contribution in [2.24, 2.45) is 14.1 Å². The van der Waals surface area contributed by atoms with E-state index in [1.807, 2.05) is 91.2 Å². The van der Waals surface area contributed by atoms with Gasteiger partial charge >= 0.3 is 39.9 Å². The number of ether oxygens (including phenoxy) is 3. The third-order valence-electron chi connectivity index (χ3n) is 20.2. The Bertz CT molecular complexity index is 7830. The molecule has 0 saturated carbocycles. The second-order valence-electron chi connectivity index (χ2n) is 29.6. The second kappa shape index (κ2) is 52.4. The second-order valence-corrected chi connectivity index (χ2v) is 42.2. The van der Waals surface area contributed by atoms with Crippen LogP contribution in [0.5, 0.6) is 11.5 Å². The molecule has 13 heterocycles. The van der Waals surface area contributed by atoms with Crippen LogP contribution in [0.2, 0.25) is 21.0 Å². The standard InChI is InChI=1S/C23H19N5O3S.C15H10ClN3S.C15H9ClN2S.C9H8.C8H10N2O3.C6H2Cl2N2S.C6H5N3O2.C6H7NO2S.C5H14N2.CH3.BrH.Cl3OP.Mg/c1-13-10-20(31-3)17(11-19(13)28(29)30)25-23-24-16-8-9-32-22(16)21(26-23)15-12-27(2)18-7-5-4-6-14(15)18;1-19-8-10(9-4-2-3-5-12(9)19)13-14-11(6-7-20-14)17-15(16)18-13;16-15-17-12-7-8-19-14(12)13(18-15)11-6-5-9-3-1-2-4-10(9)11;1-2-5-9-7-3-6-8(9)4-1;1-5-3-8(13-2)6(9)4-7(5)10(11)12;7-5-4-3(1-2-11-4)9-6(8)10-5;10-5-4-3(1-2-7-4)8-6(11)9-5;1-9-6(8)5-4(7)2-3-10-5;1-6-4-5-7(2)3;;;1-5(2,3)4;/h4-12H,1-3H3,(H,24,25,26);2-8H,1H3;1-4,6-8H,5H2;1-6H,7H2;3-4H,9H2,1-2H3;1-2H;1-2,7H,(H2,8,9,10,11);2-3H,7H2,1H3;6H,4-5H2,1-3H3;1H3;1H;;/q;;;;;;;;;-1;;;+2/p-1. The number of methoxy groups -OCH3 is 3. The van der Waals surface area contributed by atoms with Gasteiger partial charge in [-0.2, -0.15) is 0 Å². The summed E-state index contributed by atoms with van der Waals surface area (Å²) in [7, 11) is 14.5. The molecule has 0 aliphatic heterocycles. The zero-order valence-electron chi connectivity index (χ0n) is 76.4. The maximum Gasteiger partial charge on any atom is 2.00 e. The summed E-state index contributed by atoms with van der Waals surface area (Å²) in [4.78, 5) is 98.0. The number of nitrogens with one attached hydrogen (secondary N) is 5. The first kappa shape index (κ1) is 112. The number of hydrogen-bond donors (Lipinski definition) is 7. The largest absolute Gasteiger partial charge is 2.00 e. The van der Waals surface area contributed by atoms with Gasteiger partial charge in [-0.05, 0) is 226 Å². The van der Waals surface area contributed by atoms with Gasteiger partial charge in [-0.1, -0.05) is 115 Å². The molecule has 21 rings (SSSR count). The van der Waals surface area contributed by atoms with Crippen LogP contribution in [-0.2, 0) is 36.2 Å². The van der Waals surface area contributed by atoms with Crippen molar-refractivity contribution >= 4 is 291 Å². The predicted octanol–water partition coefficient (Wildman–Crippen LogP) is 21.7. The molecule has 2 aliphatic rings. The van der Waals surface area contributed by atoms with Crippen LogP contribution >= 0.6 is 142 Å². The first-order chi connectivity index (χ1) is 65.6. The average molecular weight is 2220 g/mol. The van der Waals surface area contributed by atoms with Crippen molar-refractivity contribution in [1.29, 1.82) is 0 Å². The van der Waals surface area contributed by atoms with Gasteiger partial charge in [0.2, 0.25) is 21.8 Å². The van der Waals surface area contributed by atoms with Crippen molar-refractivity contribution in [3.05, 3.63) is 329 Å².